The molecule has 0 spiro atoms. The average molecular weight is 338 g/mol. The molecular weight excluding hydrogens is 330 g/mol. The van der Waals surface area contributed by atoms with E-state index in [2.05, 4.69) is 4.98 Å². The summed E-state index contributed by atoms with van der Waals surface area (Å²) < 4.78 is 76.0. The van der Waals surface area contributed by atoms with Crippen LogP contribution < -0.4 is 5.73 Å². The first-order valence-electron chi connectivity index (χ1n) is 5.75. The second-order valence-electron chi connectivity index (χ2n) is 4.24. The lowest BCUT2D eigenvalue weighted by Gasteiger charge is -2.13. The van der Waals surface area contributed by atoms with E-state index in [4.69, 9.17) is 5.73 Å². The third-order valence-corrected chi connectivity index (χ3v) is 3.47. The van der Waals surface area contributed by atoms with Gasteiger partial charge in [-0.2, -0.15) is 26.3 Å². The molecule has 1 aromatic carbocycles. The van der Waals surface area contributed by atoms with Crippen LogP contribution in [0.15, 0.2) is 46.2 Å². The van der Waals surface area contributed by atoms with Crippen LogP contribution >= 0.6 is 11.8 Å². The molecule has 0 saturated carbocycles. The molecular formula is C13H8F6N2S. The van der Waals surface area contributed by atoms with Crippen LogP contribution in [-0.4, -0.2) is 4.98 Å². The number of alkyl halides is 6. The van der Waals surface area contributed by atoms with Crippen molar-refractivity contribution in [3.63, 3.8) is 0 Å². The van der Waals surface area contributed by atoms with Gasteiger partial charge in [0.2, 0.25) is 0 Å². The fraction of sp³-hybridized carbons (Fsp3) is 0.154. The minimum Gasteiger partial charge on any atom is -0.399 e. The van der Waals surface area contributed by atoms with Gasteiger partial charge >= 0.3 is 12.4 Å². The summed E-state index contributed by atoms with van der Waals surface area (Å²) in [5, 5.41) is 0. The number of aromatic nitrogens is 1. The number of nitrogen functional groups attached to an aromatic ring is 1. The second kappa shape index (κ2) is 5.71. The van der Waals surface area contributed by atoms with E-state index in [1.165, 1.54) is 24.3 Å². The molecule has 1 aromatic heterocycles. The van der Waals surface area contributed by atoms with E-state index in [0.29, 0.717) is 22.7 Å². The Kier molecular flexibility index (Phi) is 4.28. The van der Waals surface area contributed by atoms with Crippen molar-refractivity contribution in [2.75, 3.05) is 5.73 Å². The maximum absolute atomic E-state index is 12.7. The first-order valence-corrected chi connectivity index (χ1v) is 6.57. The van der Waals surface area contributed by atoms with E-state index in [-0.39, 0.29) is 4.90 Å². The fourth-order valence-corrected chi connectivity index (χ4v) is 2.41. The highest BCUT2D eigenvalue weighted by atomic mass is 32.2. The lowest BCUT2D eigenvalue weighted by atomic mass is 10.3. The molecule has 9 heteroatoms. The van der Waals surface area contributed by atoms with Crippen molar-refractivity contribution in [3.8, 4) is 0 Å². The van der Waals surface area contributed by atoms with Gasteiger partial charge in [-0.3, -0.25) is 0 Å². The maximum Gasteiger partial charge on any atom is 0.433 e. The van der Waals surface area contributed by atoms with Crippen molar-refractivity contribution in [3.05, 3.63) is 47.8 Å². The fourth-order valence-electron chi connectivity index (χ4n) is 1.53. The summed E-state index contributed by atoms with van der Waals surface area (Å²) in [5.74, 6) is 0. The number of rotatable bonds is 2. The predicted molar refractivity (Wildman–Crippen MR) is 69.2 cm³/mol. The van der Waals surface area contributed by atoms with E-state index in [0.717, 1.165) is 11.8 Å². The summed E-state index contributed by atoms with van der Waals surface area (Å²) in [4.78, 5) is 2.90. The zero-order valence-corrected chi connectivity index (χ0v) is 11.5. The molecule has 0 atom stereocenters. The van der Waals surface area contributed by atoms with E-state index in [9.17, 15) is 26.3 Å². The zero-order chi connectivity index (χ0) is 16.5. The van der Waals surface area contributed by atoms with Crippen LogP contribution in [0.5, 0.6) is 0 Å². The Morgan fingerprint density at radius 1 is 0.773 bits per heavy atom. The number of pyridine rings is 1. The van der Waals surface area contributed by atoms with Crippen molar-refractivity contribution in [1.29, 1.82) is 0 Å². The van der Waals surface area contributed by atoms with Crippen LogP contribution in [0.1, 0.15) is 11.4 Å². The Bertz CT molecular complexity index is 631. The molecule has 2 nitrogen and oxygen atoms in total. The molecule has 0 radical (unpaired) electrons. The number of benzene rings is 1. The highest BCUT2D eigenvalue weighted by Gasteiger charge is 2.38. The summed E-state index contributed by atoms with van der Waals surface area (Å²) in [6.45, 7) is 0. The van der Waals surface area contributed by atoms with Gasteiger partial charge in [-0.15, -0.1) is 0 Å². The van der Waals surface area contributed by atoms with Crippen LogP contribution in [-0.2, 0) is 12.4 Å². The van der Waals surface area contributed by atoms with Crippen LogP contribution in [0.2, 0.25) is 0 Å². The summed E-state index contributed by atoms with van der Waals surface area (Å²) in [6, 6.07) is 7.16. The molecule has 0 fully saturated rings. The number of nitrogens with zero attached hydrogens (tertiary/aromatic N) is 1. The van der Waals surface area contributed by atoms with Gasteiger partial charge in [0.05, 0.1) is 0 Å². The average Bonchev–Trinajstić information content (AvgIpc) is 2.39. The van der Waals surface area contributed by atoms with Gasteiger partial charge in [-0.1, -0.05) is 11.8 Å². The van der Waals surface area contributed by atoms with Crippen LogP contribution in [0, 0.1) is 0 Å². The Balaban J connectivity index is 2.44. The third kappa shape index (κ3) is 4.06. The van der Waals surface area contributed by atoms with Crippen molar-refractivity contribution < 1.29 is 26.3 Å². The molecule has 0 aliphatic rings. The van der Waals surface area contributed by atoms with E-state index in [1.54, 1.807) is 0 Å². The molecule has 0 bridgehead atoms. The standard InChI is InChI=1S/C13H8F6N2S/c14-12(15,16)10-5-9(6-11(21-10)13(17,18)19)22-8-3-1-7(20)2-4-8/h1-6H,20H2. The molecule has 0 aliphatic carbocycles. The smallest absolute Gasteiger partial charge is 0.399 e. The number of nitrogens with two attached hydrogens (primary N) is 1. The van der Waals surface area contributed by atoms with Crippen molar-refractivity contribution >= 4 is 17.4 Å². The molecule has 2 aromatic rings. The topological polar surface area (TPSA) is 38.9 Å². The molecule has 1 heterocycles. The van der Waals surface area contributed by atoms with Gasteiger partial charge in [-0.05, 0) is 36.4 Å². The number of anilines is 1. The van der Waals surface area contributed by atoms with E-state index >= 15 is 0 Å². The Morgan fingerprint density at radius 2 is 1.23 bits per heavy atom. The second-order valence-corrected chi connectivity index (χ2v) is 5.39. The molecule has 0 unspecified atom stereocenters. The van der Waals surface area contributed by atoms with Gasteiger partial charge in [-0.25, -0.2) is 4.98 Å². The van der Waals surface area contributed by atoms with E-state index < -0.39 is 23.7 Å². The lowest BCUT2D eigenvalue weighted by molar-refractivity contribution is -0.150. The molecule has 0 saturated heterocycles. The van der Waals surface area contributed by atoms with Crippen LogP contribution in [0.3, 0.4) is 0 Å². The Morgan fingerprint density at radius 3 is 1.64 bits per heavy atom. The first kappa shape index (κ1) is 16.5. The summed E-state index contributed by atoms with van der Waals surface area (Å²) >= 11 is 0.761. The van der Waals surface area contributed by atoms with Gasteiger partial charge < -0.3 is 5.73 Å². The minimum absolute atomic E-state index is 0.209. The van der Waals surface area contributed by atoms with Crippen molar-refractivity contribution in [2.24, 2.45) is 0 Å². The monoisotopic (exact) mass is 338 g/mol. The van der Waals surface area contributed by atoms with E-state index in [1.807, 2.05) is 0 Å². The maximum atomic E-state index is 12.7. The highest BCUT2D eigenvalue weighted by molar-refractivity contribution is 7.99. The summed E-state index contributed by atoms with van der Waals surface area (Å²) in [6.07, 6.45) is -9.92. The van der Waals surface area contributed by atoms with Gasteiger partial charge in [0.1, 0.15) is 11.4 Å². The normalized spacial score (nSPS) is 12.5. The Labute approximate surface area is 125 Å². The molecule has 2 rings (SSSR count). The summed E-state index contributed by atoms with van der Waals surface area (Å²) in [7, 11) is 0. The quantitative estimate of drug-likeness (QED) is 0.628. The van der Waals surface area contributed by atoms with Gasteiger partial charge in [0, 0.05) is 15.5 Å². The lowest BCUT2D eigenvalue weighted by Crippen LogP contribution is -2.15. The minimum atomic E-state index is -4.96. The molecule has 22 heavy (non-hydrogen) atoms. The van der Waals surface area contributed by atoms with Crippen molar-refractivity contribution in [1.82, 2.24) is 4.98 Å². The van der Waals surface area contributed by atoms with Gasteiger partial charge in [0.25, 0.3) is 0 Å². The van der Waals surface area contributed by atoms with Crippen LogP contribution in [0.25, 0.3) is 0 Å². The molecule has 0 aliphatic heterocycles. The molecule has 2 N–H and O–H groups in total. The summed E-state index contributed by atoms with van der Waals surface area (Å²) in [5.41, 5.74) is 2.74. The Hall–Kier alpha value is -1.90. The first-order chi connectivity index (χ1) is 10.1. The highest BCUT2D eigenvalue weighted by Crippen LogP contribution is 2.37. The predicted octanol–water partition coefficient (Wildman–Crippen LogP) is 4.85. The zero-order valence-electron chi connectivity index (χ0n) is 10.7. The third-order valence-electron chi connectivity index (χ3n) is 2.50. The van der Waals surface area contributed by atoms with Crippen molar-refractivity contribution in [2.45, 2.75) is 22.1 Å². The SMILES string of the molecule is Nc1ccc(Sc2cc(C(F)(F)F)nc(C(F)(F)F)c2)cc1. The number of halogens is 6. The molecule has 0 amide bonds. The largest absolute Gasteiger partial charge is 0.433 e. The molecule has 118 valence electrons. The number of hydrogen-bond acceptors (Lipinski definition) is 3. The number of hydrogen-bond donors (Lipinski definition) is 1. The van der Waals surface area contributed by atoms with Crippen LogP contribution in [0.4, 0.5) is 32.0 Å². The van der Waals surface area contributed by atoms with Gasteiger partial charge in [0.15, 0.2) is 0 Å².